The molecule has 0 amide bonds. The van der Waals surface area contributed by atoms with Crippen molar-refractivity contribution in [3.63, 3.8) is 0 Å². The molecule has 0 aliphatic carbocycles. The van der Waals surface area contributed by atoms with Crippen LogP contribution in [0.3, 0.4) is 0 Å². The molecular weight excluding hydrogens is 207 g/mol. The predicted octanol–water partition coefficient (Wildman–Crippen LogP) is 2.51. The second kappa shape index (κ2) is 5.09. The van der Waals surface area contributed by atoms with Crippen LogP contribution in [0.25, 0.3) is 0 Å². The average Bonchev–Trinajstić information content (AvgIpc) is 2.18. The van der Waals surface area contributed by atoms with E-state index in [1.165, 1.54) is 6.20 Å². The molecule has 5 heteroatoms. The van der Waals surface area contributed by atoms with Crippen LogP contribution in [-0.2, 0) is 0 Å². The molecule has 16 heavy (non-hydrogen) atoms. The van der Waals surface area contributed by atoms with E-state index in [4.69, 9.17) is 0 Å². The first-order valence-corrected chi connectivity index (χ1v) is 5.42. The van der Waals surface area contributed by atoms with Crippen molar-refractivity contribution in [2.75, 3.05) is 23.7 Å². The van der Waals surface area contributed by atoms with Gasteiger partial charge in [0.1, 0.15) is 0 Å². The van der Waals surface area contributed by atoms with Gasteiger partial charge in [-0.1, -0.05) is 20.8 Å². The van der Waals surface area contributed by atoms with Crippen molar-refractivity contribution >= 4 is 11.8 Å². The van der Waals surface area contributed by atoms with Gasteiger partial charge in [0.2, 0.25) is 5.95 Å². The summed E-state index contributed by atoms with van der Waals surface area (Å²) in [5.74, 6) is 0.270. The van der Waals surface area contributed by atoms with Crippen LogP contribution in [0.15, 0.2) is 6.20 Å². The minimum absolute atomic E-state index is 0.0791. The molecule has 0 fully saturated rings. The van der Waals surface area contributed by atoms with E-state index in [-0.39, 0.29) is 11.2 Å². The molecule has 0 spiro atoms. The molecule has 0 aliphatic heterocycles. The highest BCUT2D eigenvalue weighted by molar-refractivity contribution is 5.41. The second-order valence-corrected chi connectivity index (χ2v) is 4.83. The Bertz CT molecular complexity index is 346. The molecule has 0 saturated carbocycles. The van der Waals surface area contributed by atoms with Gasteiger partial charge in [0, 0.05) is 13.1 Å². The summed E-state index contributed by atoms with van der Waals surface area (Å²) in [5, 5.41) is 5.93. The van der Waals surface area contributed by atoms with E-state index in [1.807, 2.05) is 6.92 Å². The molecule has 1 rings (SSSR count). The van der Waals surface area contributed by atoms with Crippen molar-refractivity contribution in [3.8, 4) is 0 Å². The van der Waals surface area contributed by atoms with Crippen LogP contribution in [0.2, 0.25) is 0 Å². The Morgan fingerprint density at radius 1 is 1.31 bits per heavy atom. The molecule has 1 aromatic heterocycles. The van der Waals surface area contributed by atoms with Crippen LogP contribution in [0, 0.1) is 11.2 Å². The van der Waals surface area contributed by atoms with Crippen LogP contribution in [-0.4, -0.2) is 23.1 Å². The normalized spacial score (nSPS) is 11.3. The molecule has 0 unspecified atom stereocenters. The zero-order valence-corrected chi connectivity index (χ0v) is 10.3. The van der Waals surface area contributed by atoms with Gasteiger partial charge < -0.3 is 10.6 Å². The average molecular weight is 226 g/mol. The molecule has 0 atom stereocenters. The number of rotatable bonds is 4. The van der Waals surface area contributed by atoms with E-state index >= 15 is 0 Å². The lowest BCUT2D eigenvalue weighted by atomic mass is 9.97. The van der Waals surface area contributed by atoms with Crippen molar-refractivity contribution in [2.45, 2.75) is 27.7 Å². The fourth-order valence-electron chi connectivity index (χ4n) is 1.08. The van der Waals surface area contributed by atoms with Gasteiger partial charge in [-0.3, -0.25) is 0 Å². The fraction of sp³-hybridized carbons (Fsp3) is 0.636. The monoisotopic (exact) mass is 226 g/mol. The summed E-state index contributed by atoms with van der Waals surface area (Å²) in [6, 6.07) is 0. The molecule has 1 aromatic rings. The summed E-state index contributed by atoms with van der Waals surface area (Å²) in [6.45, 7) is 9.53. The third-order valence-electron chi connectivity index (χ3n) is 1.87. The highest BCUT2D eigenvalue weighted by Gasteiger charge is 2.12. The minimum Gasteiger partial charge on any atom is -0.367 e. The van der Waals surface area contributed by atoms with Crippen molar-refractivity contribution in [3.05, 3.63) is 12.0 Å². The van der Waals surface area contributed by atoms with Crippen LogP contribution in [0.4, 0.5) is 16.2 Å². The summed E-state index contributed by atoms with van der Waals surface area (Å²) in [5.41, 5.74) is 0.0791. The first kappa shape index (κ1) is 12.7. The SMILES string of the molecule is CCNc1ncc(F)c(NCC(C)(C)C)n1. The number of hydrogen-bond donors (Lipinski definition) is 2. The van der Waals surface area contributed by atoms with Gasteiger partial charge in [-0.15, -0.1) is 0 Å². The first-order chi connectivity index (χ1) is 7.42. The second-order valence-electron chi connectivity index (χ2n) is 4.83. The van der Waals surface area contributed by atoms with Gasteiger partial charge in [-0.05, 0) is 12.3 Å². The van der Waals surface area contributed by atoms with E-state index in [1.54, 1.807) is 0 Å². The number of aromatic nitrogens is 2. The Balaban J connectivity index is 2.74. The predicted molar refractivity (Wildman–Crippen MR) is 64.1 cm³/mol. The van der Waals surface area contributed by atoms with Crippen LogP contribution >= 0.6 is 0 Å². The number of anilines is 2. The van der Waals surface area contributed by atoms with Gasteiger partial charge in [0.25, 0.3) is 0 Å². The summed E-state index contributed by atoms with van der Waals surface area (Å²) in [4.78, 5) is 7.89. The minimum atomic E-state index is -0.425. The van der Waals surface area contributed by atoms with Crippen molar-refractivity contribution in [1.29, 1.82) is 0 Å². The van der Waals surface area contributed by atoms with Gasteiger partial charge in [-0.2, -0.15) is 4.98 Å². The lowest BCUT2D eigenvalue weighted by molar-refractivity contribution is 0.441. The van der Waals surface area contributed by atoms with E-state index in [0.29, 0.717) is 19.0 Å². The number of nitrogens with zero attached hydrogens (tertiary/aromatic N) is 2. The van der Waals surface area contributed by atoms with E-state index in [9.17, 15) is 4.39 Å². The molecule has 0 saturated heterocycles. The zero-order valence-electron chi connectivity index (χ0n) is 10.3. The third-order valence-corrected chi connectivity index (χ3v) is 1.87. The lowest BCUT2D eigenvalue weighted by Gasteiger charge is -2.19. The molecule has 0 bridgehead atoms. The van der Waals surface area contributed by atoms with Crippen molar-refractivity contribution in [2.24, 2.45) is 5.41 Å². The quantitative estimate of drug-likeness (QED) is 0.828. The Labute approximate surface area is 95.7 Å². The number of halogens is 1. The Morgan fingerprint density at radius 3 is 2.56 bits per heavy atom. The van der Waals surface area contributed by atoms with E-state index in [0.717, 1.165) is 0 Å². The third kappa shape index (κ3) is 4.00. The number of nitrogens with one attached hydrogen (secondary N) is 2. The first-order valence-electron chi connectivity index (χ1n) is 5.42. The molecule has 90 valence electrons. The Hall–Kier alpha value is -1.39. The molecule has 0 aromatic carbocycles. The fourth-order valence-corrected chi connectivity index (χ4v) is 1.08. The maximum Gasteiger partial charge on any atom is 0.224 e. The number of hydrogen-bond acceptors (Lipinski definition) is 4. The standard InChI is InChI=1S/C11H19FN4/c1-5-13-10-14-6-8(12)9(16-10)15-7-11(2,3)4/h6H,5,7H2,1-4H3,(H2,13,14,15,16). The Morgan fingerprint density at radius 2 is 2.00 bits per heavy atom. The molecular formula is C11H19FN4. The molecule has 1 heterocycles. The van der Waals surface area contributed by atoms with Crippen LogP contribution in [0.1, 0.15) is 27.7 Å². The van der Waals surface area contributed by atoms with Crippen molar-refractivity contribution < 1.29 is 4.39 Å². The molecule has 4 nitrogen and oxygen atoms in total. The molecule has 2 N–H and O–H groups in total. The molecule has 0 radical (unpaired) electrons. The summed E-state index contributed by atoms with van der Waals surface area (Å²) < 4.78 is 13.4. The Kier molecular flexibility index (Phi) is 4.04. The van der Waals surface area contributed by atoms with Gasteiger partial charge in [0.05, 0.1) is 6.20 Å². The summed E-state index contributed by atoms with van der Waals surface area (Å²) >= 11 is 0. The highest BCUT2D eigenvalue weighted by atomic mass is 19.1. The lowest BCUT2D eigenvalue weighted by Crippen LogP contribution is -2.20. The molecule has 0 aliphatic rings. The highest BCUT2D eigenvalue weighted by Crippen LogP contribution is 2.17. The van der Waals surface area contributed by atoms with Gasteiger partial charge >= 0.3 is 0 Å². The largest absolute Gasteiger partial charge is 0.367 e. The van der Waals surface area contributed by atoms with Crippen LogP contribution in [0.5, 0.6) is 0 Å². The summed E-state index contributed by atoms with van der Waals surface area (Å²) in [7, 11) is 0. The maximum atomic E-state index is 13.4. The maximum absolute atomic E-state index is 13.4. The van der Waals surface area contributed by atoms with E-state index in [2.05, 4.69) is 41.4 Å². The van der Waals surface area contributed by atoms with Crippen molar-refractivity contribution in [1.82, 2.24) is 9.97 Å². The summed E-state index contributed by atoms with van der Waals surface area (Å²) in [6.07, 6.45) is 1.18. The van der Waals surface area contributed by atoms with E-state index < -0.39 is 5.82 Å². The van der Waals surface area contributed by atoms with Gasteiger partial charge in [0.15, 0.2) is 11.6 Å². The zero-order chi connectivity index (χ0) is 12.2. The van der Waals surface area contributed by atoms with Crippen LogP contribution < -0.4 is 10.6 Å². The smallest absolute Gasteiger partial charge is 0.224 e. The topological polar surface area (TPSA) is 49.8 Å². The van der Waals surface area contributed by atoms with Gasteiger partial charge in [-0.25, -0.2) is 9.37 Å².